The zero-order valence-electron chi connectivity index (χ0n) is 2.49. The molecular formula is C2H3AsBr2. The third-order valence-corrected chi connectivity index (χ3v) is 3.73. The molecule has 0 nitrogen and oxygen atoms in total. The van der Waals surface area contributed by atoms with Crippen molar-refractivity contribution in [1.29, 1.82) is 0 Å². The van der Waals surface area contributed by atoms with Gasteiger partial charge in [0, 0.05) is 0 Å². The van der Waals surface area contributed by atoms with Crippen LogP contribution in [0.25, 0.3) is 0 Å². The molecule has 0 unspecified atom stereocenters. The standard InChI is InChI=1S/C2H3AsBr2/c3-1-2(4)5/h2H,1H2. The molecule has 0 rings (SSSR count). The molecule has 0 atom stereocenters. The van der Waals surface area contributed by atoms with Gasteiger partial charge < -0.3 is 0 Å². The molecule has 0 aliphatic rings. The first kappa shape index (κ1) is 6.52. The number of rotatable bonds is 1. The first-order valence-electron chi connectivity index (χ1n) is 1.16. The Morgan fingerprint density at radius 3 is 1.80 bits per heavy atom. The van der Waals surface area contributed by atoms with Crippen LogP contribution in [0.15, 0.2) is 0 Å². The molecule has 0 saturated heterocycles. The molecule has 0 aromatic carbocycles. The molecule has 3 heteroatoms. The Labute approximate surface area is 57.5 Å². The first-order chi connectivity index (χ1) is 2.27. The van der Waals surface area contributed by atoms with Gasteiger partial charge in [-0.25, -0.2) is 0 Å². The maximum absolute atomic E-state index is 3.27. The fraction of sp³-hybridized carbons (Fsp3) is 1.00. The van der Waals surface area contributed by atoms with Crippen LogP contribution in [0.3, 0.4) is 0 Å². The molecule has 0 aliphatic carbocycles. The number of hydrogen-bond donors (Lipinski definition) is 0. The van der Waals surface area contributed by atoms with Gasteiger partial charge in [0.1, 0.15) is 0 Å². The third kappa shape index (κ3) is 5.52. The van der Waals surface area contributed by atoms with Crippen LogP contribution in [-0.4, -0.2) is 20.6 Å². The van der Waals surface area contributed by atoms with Crippen LogP contribution in [0.5, 0.6) is 0 Å². The summed E-state index contributed by atoms with van der Waals surface area (Å²) in [6.07, 6.45) is 0. The second-order valence-corrected chi connectivity index (χ2v) is 4.78. The second-order valence-electron chi connectivity index (χ2n) is 0.574. The summed E-state index contributed by atoms with van der Waals surface area (Å²) in [7, 11) is 0. The van der Waals surface area contributed by atoms with E-state index in [1.807, 2.05) is 0 Å². The van der Waals surface area contributed by atoms with Crippen LogP contribution in [0.1, 0.15) is 0 Å². The predicted molar refractivity (Wildman–Crippen MR) is 32.2 cm³/mol. The molecule has 0 aromatic rings. The SMILES string of the molecule is [As]CC(Br)Br. The van der Waals surface area contributed by atoms with E-state index in [0.29, 0.717) is 3.74 Å². The summed E-state index contributed by atoms with van der Waals surface area (Å²) in [5.74, 6) is 0. The minimum atomic E-state index is 0.481. The van der Waals surface area contributed by atoms with Crippen LogP contribution in [-0.2, 0) is 0 Å². The molecule has 0 N–H and O–H groups in total. The summed E-state index contributed by atoms with van der Waals surface area (Å²) < 4.78 is 0.481. The van der Waals surface area contributed by atoms with Crippen LogP contribution in [0.2, 0.25) is 5.21 Å². The number of halogens is 2. The molecule has 0 fully saturated rings. The van der Waals surface area contributed by atoms with Crippen molar-refractivity contribution in [2.75, 3.05) is 0 Å². The van der Waals surface area contributed by atoms with Gasteiger partial charge in [0.2, 0.25) is 0 Å². The Hall–Kier alpha value is 1.52. The molecule has 0 heterocycles. The van der Waals surface area contributed by atoms with E-state index in [2.05, 4.69) is 48.7 Å². The van der Waals surface area contributed by atoms with Crippen molar-refractivity contribution in [2.45, 2.75) is 8.95 Å². The van der Waals surface area contributed by atoms with Gasteiger partial charge in [-0.05, 0) is 0 Å². The summed E-state index contributed by atoms with van der Waals surface area (Å²) in [6.45, 7) is 0. The summed E-state index contributed by atoms with van der Waals surface area (Å²) in [5.41, 5.74) is 0. The third-order valence-electron chi connectivity index (χ3n) is 0.138. The zero-order chi connectivity index (χ0) is 4.28. The van der Waals surface area contributed by atoms with Gasteiger partial charge in [0.15, 0.2) is 0 Å². The van der Waals surface area contributed by atoms with E-state index in [1.54, 1.807) is 0 Å². The Bertz CT molecular complexity index is 21.6. The van der Waals surface area contributed by atoms with Crippen molar-refractivity contribution in [2.24, 2.45) is 0 Å². The molecule has 2 radical (unpaired) electrons. The van der Waals surface area contributed by atoms with Gasteiger partial charge in [0.25, 0.3) is 0 Å². The first-order valence-corrected chi connectivity index (χ1v) is 4.32. The Morgan fingerprint density at radius 1 is 1.60 bits per heavy atom. The number of hydrogen-bond acceptors (Lipinski definition) is 0. The van der Waals surface area contributed by atoms with Crippen LogP contribution >= 0.6 is 31.9 Å². The van der Waals surface area contributed by atoms with Gasteiger partial charge in [-0.2, -0.15) is 0 Å². The molecule has 0 saturated carbocycles. The fourth-order valence-corrected chi connectivity index (χ4v) is 0. The van der Waals surface area contributed by atoms with Crippen molar-refractivity contribution in [3.63, 3.8) is 0 Å². The fourth-order valence-electron chi connectivity index (χ4n) is 0. The Morgan fingerprint density at radius 2 is 1.80 bits per heavy atom. The monoisotopic (exact) mass is 260 g/mol. The Balaban J connectivity index is 2.54. The summed E-state index contributed by atoms with van der Waals surface area (Å²) in [4.78, 5) is 0. The number of alkyl halides is 2. The van der Waals surface area contributed by atoms with Crippen LogP contribution in [0, 0.1) is 0 Å². The molecule has 5 heavy (non-hydrogen) atoms. The summed E-state index contributed by atoms with van der Waals surface area (Å²) in [6, 6.07) is 0. The summed E-state index contributed by atoms with van der Waals surface area (Å²) in [5, 5.41) is 1.08. The average Bonchev–Trinajstić information content (AvgIpc) is 1.38. The predicted octanol–water partition coefficient (Wildman–Crippen LogP) is 1.69. The Kier molecular flexibility index (Phi) is 4.82. The van der Waals surface area contributed by atoms with Gasteiger partial charge in [-0.15, -0.1) is 0 Å². The van der Waals surface area contributed by atoms with Crippen LogP contribution < -0.4 is 0 Å². The molecule has 0 spiro atoms. The molecule has 30 valence electrons. The van der Waals surface area contributed by atoms with Crippen molar-refractivity contribution in [3.8, 4) is 0 Å². The van der Waals surface area contributed by atoms with Gasteiger partial charge in [-0.1, -0.05) is 0 Å². The molecule has 0 aliphatic heterocycles. The second kappa shape index (κ2) is 3.70. The van der Waals surface area contributed by atoms with E-state index in [1.165, 1.54) is 0 Å². The van der Waals surface area contributed by atoms with Gasteiger partial charge >= 0.3 is 57.7 Å². The van der Waals surface area contributed by atoms with Crippen molar-refractivity contribution in [3.05, 3.63) is 0 Å². The average molecular weight is 262 g/mol. The minimum absolute atomic E-state index is 0.481. The molecule has 0 bridgehead atoms. The van der Waals surface area contributed by atoms with E-state index in [9.17, 15) is 0 Å². The van der Waals surface area contributed by atoms with E-state index in [0.717, 1.165) is 5.21 Å². The summed E-state index contributed by atoms with van der Waals surface area (Å²) >= 11 is 9.03. The van der Waals surface area contributed by atoms with Crippen molar-refractivity contribution >= 4 is 48.7 Å². The molecule has 0 aromatic heterocycles. The van der Waals surface area contributed by atoms with Gasteiger partial charge in [0.05, 0.1) is 0 Å². The van der Waals surface area contributed by atoms with E-state index >= 15 is 0 Å². The van der Waals surface area contributed by atoms with E-state index in [4.69, 9.17) is 0 Å². The molecular weight excluding hydrogens is 259 g/mol. The normalized spacial score (nSPS) is 9.60. The van der Waals surface area contributed by atoms with E-state index < -0.39 is 0 Å². The van der Waals surface area contributed by atoms with Gasteiger partial charge in [-0.3, -0.25) is 0 Å². The quantitative estimate of drug-likeness (QED) is 0.498. The topological polar surface area (TPSA) is 0 Å². The van der Waals surface area contributed by atoms with Crippen molar-refractivity contribution < 1.29 is 0 Å². The van der Waals surface area contributed by atoms with Crippen LogP contribution in [0.4, 0.5) is 0 Å². The maximum atomic E-state index is 3.27. The molecule has 0 amide bonds. The van der Waals surface area contributed by atoms with Crippen molar-refractivity contribution in [1.82, 2.24) is 0 Å². The van der Waals surface area contributed by atoms with E-state index in [-0.39, 0.29) is 0 Å². The zero-order valence-corrected chi connectivity index (χ0v) is 7.54.